The quantitative estimate of drug-likeness (QED) is 0.187. The van der Waals surface area contributed by atoms with E-state index in [2.05, 4.69) is 10.6 Å². The van der Waals surface area contributed by atoms with E-state index in [1.54, 1.807) is 18.2 Å². The van der Waals surface area contributed by atoms with Crippen molar-refractivity contribution in [2.45, 2.75) is 25.0 Å². The zero-order valence-electron chi connectivity index (χ0n) is 24.2. The maximum Gasteiger partial charge on any atom is 0.159 e. The Bertz CT molecular complexity index is 1790. The van der Waals surface area contributed by atoms with Gasteiger partial charge < -0.3 is 20.1 Å². The number of rotatable bonds is 7. The number of nitrogens with zero attached hydrogens (tertiary/aromatic N) is 1. The van der Waals surface area contributed by atoms with Crippen LogP contribution in [0, 0.1) is 17.5 Å². The standard InChI is InChI=1S/C35H30F3N3O2.2ClH/c36-26-5-1-21(2-6-26)29-14-22(4-8-34(29)42-27-9-11-39-19-27)25-13-24-15-30(23-3-7-31(37)32(38)16-23)35(17-33(24)41-18-25)43-28-10-12-40-20-28;;/h1-8,13-18,27-28,39-40H,9-12,19-20H2;2*1H. The first-order chi connectivity index (χ1) is 21.0. The van der Waals surface area contributed by atoms with Crippen LogP contribution in [0.2, 0.25) is 0 Å². The Kier molecular flexibility index (Phi) is 10.2. The van der Waals surface area contributed by atoms with Crippen LogP contribution in [0.25, 0.3) is 44.3 Å². The number of hydrogen-bond donors (Lipinski definition) is 2. The van der Waals surface area contributed by atoms with Gasteiger partial charge in [0.2, 0.25) is 0 Å². The third-order valence-corrected chi connectivity index (χ3v) is 8.10. The van der Waals surface area contributed by atoms with E-state index in [1.807, 2.05) is 42.6 Å². The highest BCUT2D eigenvalue weighted by molar-refractivity contribution is 5.91. The van der Waals surface area contributed by atoms with Crippen molar-refractivity contribution in [1.82, 2.24) is 15.6 Å². The molecule has 3 heterocycles. The van der Waals surface area contributed by atoms with Crippen molar-refractivity contribution in [1.29, 1.82) is 0 Å². The molecule has 2 saturated heterocycles. The summed E-state index contributed by atoms with van der Waals surface area (Å²) in [5, 5.41) is 7.45. The molecular weight excluding hydrogens is 622 g/mol. The lowest BCUT2D eigenvalue weighted by molar-refractivity contribution is 0.224. The summed E-state index contributed by atoms with van der Waals surface area (Å²) in [7, 11) is 0. The smallest absolute Gasteiger partial charge is 0.159 e. The van der Waals surface area contributed by atoms with Crippen molar-refractivity contribution >= 4 is 35.7 Å². The van der Waals surface area contributed by atoms with Crippen molar-refractivity contribution in [3.63, 3.8) is 0 Å². The lowest BCUT2D eigenvalue weighted by Crippen LogP contribution is -2.20. The van der Waals surface area contributed by atoms with Gasteiger partial charge in [-0.15, -0.1) is 24.8 Å². The molecular formula is C35H32Cl2F3N3O2. The monoisotopic (exact) mass is 653 g/mol. The molecule has 0 spiro atoms. The average molecular weight is 655 g/mol. The fourth-order valence-corrected chi connectivity index (χ4v) is 5.79. The van der Waals surface area contributed by atoms with Crippen LogP contribution in [0.3, 0.4) is 0 Å². The van der Waals surface area contributed by atoms with Gasteiger partial charge in [-0.25, -0.2) is 13.2 Å². The highest BCUT2D eigenvalue weighted by Crippen LogP contribution is 2.39. The van der Waals surface area contributed by atoms with Gasteiger partial charge in [0.25, 0.3) is 0 Å². The minimum absolute atomic E-state index is 0. The predicted molar refractivity (Wildman–Crippen MR) is 176 cm³/mol. The summed E-state index contributed by atoms with van der Waals surface area (Å²) in [4.78, 5) is 4.76. The normalized spacial score (nSPS) is 17.5. The first-order valence-electron chi connectivity index (χ1n) is 14.5. The van der Waals surface area contributed by atoms with E-state index in [9.17, 15) is 13.2 Å². The predicted octanol–water partition coefficient (Wildman–Crippen LogP) is 7.98. The number of hydrogen-bond acceptors (Lipinski definition) is 5. The van der Waals surface area contributed by atoms with Gasteiger partial charge in [-0.2, -0.15) is 0 Å². The molecule has 0 amide bonds. The molecule has 45 heavy (non-hydrogen) atoms. The van der Waals surface area contributed by atoms with Gasteiger partial charge in [-0.05, 0) is 91.2 Å². The minimum atomic E-state index is -0.915. The van der Waals surface area contributed by atoms with E-state index in [1.165, 1.54) is 18.2 Å². The second kappa shape index (κ2) is 14.1. The Balaban J connectivity index is 0.00000200. The summed E-state index contributed by atoms with van der Waals surface area (Å²) >= 11 is 0. The molecule has 0 radical (unpaired) electrons. The zero-order valence-corrected chi connectivity index (χ0v) is 25.8. The average Bonchev–Trinajstić information content (AvgIpc) is 3.74. The van der Waals surface area contributed by atoms with Crippen LogP contribution in [0.1, 0.15) is 12.8 Å². The molecule has 5 nitrogen and oxygen atoms in total. The molecule has 2 N–H and O–H groups in total. The number of aromatic nitrogens is 1. The molecule has 4 aromatic carbocycles. The summed E-state index contributed by atoms with van der Waals surface area (Å²) in [5.74, 6) is -0.799. The van der Waals surface area contributed by atoms with Crippen LogP contribution in [-0.4, -0.2) is 43.4 Å². The number of nitrogens with one attached hydrogen (secondary N) is 2. The third-order valence-electron chi connectivity index (χ3n) is 8.10. The molecule has 2 fully saturated rings. The Morgan fingerprint density at radius 3 is 1.91 bits per heavy atom. The van der Waals surface area contributed by atoms with Crippen molar-refractivity contribution in [2.24, 2.45) is 0 Å². The highest BCUT2D eigenvalue weighted by Gasteiger charge is 2.21. The largest absolute Gasteiger partial charge is 0.488 e. The molecule has 7 rings (SSSR count). The van der Waals surface area contributed by atoms with Crippen molar-refractivity contribution < 1.29 is 22.6 Å². The van der Waals surface area contributed by atoms with Crippen LogP contribution in [0.5, 0.6) is 11.5 Å². The van der Waals surface area contributed by atoms with Crippen LogP contribution >= 0.6 is 24.8 Å². The summed E-state index contributed by atoms with van der Waals surface area (Å²) in [6, 6.07) is 22.1. The van der Waals surface area contributed by atoms with Gasteiger partial charge in [-0.3, -0.25) is 4.98 Å². The Morgan fingerprint density at radius 1 is 0.600 bits per heavy atom. The number of ether oxygens (including phenoxy) is 2. The summed E-state index contributed by atoms with van der Waals surface area (Å²) < 4.78 is 54.5. The number of pyridine rings is 1. The summed E-state index contributed by atoms with van der Waals surface area (Å²) in [6.45, 7) is 3.27. The van der Waals surface area contributed by atoms with Crippen molar-refractivity contribution in [2.75, 3.05) is 26.2 Å². The van der Waals surface area contributed by atoms with Crippen LogP contribution < -0.4 is 20.1 Å². The first-order valence-corrected chi connectivity index (χ1v) is 14.5. The topological polar surface area (TPSA) is 55.4 Å². The van der Waals surface area contributed by atoms with Crippen molar-refractivity contribution in [3.05, 3.63) is 103 Å². The van der Waals surface area contributed by atoms with E-state index in [0.29, 0.717) is 16.9 Å². The molecule has 0 saturated carbocycles. The second-order valence-corrected chi connectivity index (χ2v) is 11.1. The lowest BCUT2D eigenvalue weighted by Gasteiger charge is -2.18. The van der Waals surface area contributed by atoms with Gasteiger partial charge >= 0.3 is 0 Å². The first kappa shape index (κ1) is 32.6. The Hall–Kier alpha value is -3.82. The molecule has 2 atom stereocenters. The van der Waals surface area contributed by atoms with Gasteiger partial charge in [0.15, 0.2) is 11.6 Å². The minimum Gasteiger partial charge on any atom is -0.488 e. The van der Waals surface area contributed by atoms with Crippen molar-refractivity contribution in [3.8, 4) is 44.9 Å². The zero-order chi connectivity index (χ0) is 29.3. The van der Waals surface area contributed by atoms with Gasteiger partial charge in [0.05, 0.1) is 5.52 Å². The molecule has 1 aromatic heterocycles. The maximum atomic E-state index is 14.3. The fraction of sp³-hybridized carbons (Fsp3) is 0.229. The Labute approximate surface area is 272 Å². The number of fused-ring (bicyclic) bond motifs is 1. The molecule has 2 aliphatic heterocycles. The van der Waals surface area contributed by atoms with Gasteiger partial charge in [0, 0.05) is 47.4 Å². The SMILES string of the molecule is Cl.Cl.Fc1ccc(-c2cc(-c3cnc4cc(OC5CCNC5)c(-c5ccc(F)c(F)c5)cc4c3)ccc2OC2CCNC2)cc1. The van der Waals surface area contributed by atoms with E-state index in [-0.39, 0.29) is 42.8 Å². The molecule has 0 aliphatic carbocycles. The van der Waals surface area contributed by atoms with E-state index in [0.717, 1.165) is 84.0 Å². The Morgan fingerprint density at radius 2 is 1.24 bits per heavy atom. The van der Waals surface area contributed by atoms with Gasteiger partial charge in [0.1, 0.15) is 29.5 Å². The number of halogens is 5. The van der Waals surface area contributed by atoms with Crippen LogP contribution in [0.4, 0.5) is 13.2 Å². The van der Waals surface area contributed by atoms with Crippen LogP contribution in [0.15, 0.2) is 85.1 Å². The van der Waals surface area contributed by atoms with E-state index in [4.69, 9.17) is 14.5 Å². The molecule has 234 valence electrons. The molecule has 5 aromatic rings. The second-order valence-electron chi connectivity index (χ2n) is 11.1. The molecule has 2 unspecified atom stereocenters. The highest BCUT2D eigenvalue weighted by atomic mass is 35.5. The summed E-state index contributed by atoms with van der Waals surface area (Å²) in [5.41, 5.74) is 5.41. The number of benzene rings is 4. The van der Waals surface area contributed by atoms with E-state index >= 15 is 0 Å². The third kappa shape index (κ3) is 7.05. The maximum absolute atomic E-state index is 14.3. The van der Waals surface area contributed by atoms with E-state index < -0.39 is 11.6 Å². The van der Waals surface area contributed by atoms with Gasteiger partial charge in [-0.1, -0.05) is 24.3 Å². The molecule has 0 bridgehead atoms. The molecule has 2 aliphatic rings. The van der Waals surface area contributed by atoms with Crippen LogP contribution in [-0.2, 0) is 0 Å². The lowest BCUT2D eigenvalue weighted by atomic mass is 9.97. The fourth-order valence-electron chi connectivity index (χ4n) is 5.79. The summed E-state index contributed by atoms with van der Waals surface area (Å²) in [6.07, 6.45) is 3.63. The molecule has 10 heteroatoms.